The summed E-state index contributed by atoms with van der Waals surface area (Å²) < 4.78 is 43.8. The Hall–Kier alpha value is -3.11. The third kappa shape index (κ3) is 4.39. The Morgan fingerprint density at radius 1 is 1.13 bits per heavy atom. The summed E-state index contributed by atoms with van der Waals surface area (Å²) in [5.41, 5.74) is 0.747. The number of para-hydroxylation sites is 1. The van der Waals surface area contributed by atoms with Crippen LogP contribution in [0.5, 0.6) is 0 Å². The standard InChI is InChI=1S/C20H21F3N4O3/c1-25-18(28)27(19(29-3)26(25)2)17-10-5-4-8-15(17)13-30-24-12-14-7-6-9-16(11-14)20(21,22)23/h4-12,19H,13H2,1-3H3/b24-12+. The first-order valence-corrected chi connectivity index (χ1v) is 8.97. The molecule has 0 radical (unpaired) electrons. The second kappa shape index (κ2) is 8.72. The summed E-state index contributed by atoms with van der Waals surface area (Å²) in [6.45, 7) is 0.0132. The normalized spacial score (nSPS) is 17.9. The molecule has 0 aliphatic carbocycles. The molecule has 2 aromatic carbocycles. The zero-order chi connectivity index (χ0) is 21.9. The fraction of sp³-hybridized carbons (Fsp3) is 0.300. The molecule has 2 amide bonds. The number of hydrogen-bond donors (Lipinski definition) is 0. The van der Waals surface area contributed by atoms with Crippen molar-refractivity contribution in [3.05, 3.63) is 65.2 Å². The molecule has 3 rings (SSSR count). The number of halogens is 3. The Labute approximate surface area is 171 Å². The van der Waals surface area contributed by atoms with Crippen LogP contribution in [-0.2, 0) is 22.4 Å². The number of hydrogen-bond acceptors (Lipinski definition) is 5. The summed E-state index contributed by atoms with van der Waals surface area (Å²) in [6.07, 6.45) is -3.85. The van der Waals surface area contributed by atoms with Crippen molar-refractivity contribution in [3.63, 3.8) is 0 Å². The van der Waals surface area contributed by atoms with E-state index in [0.29, 0.717) is 11.3 Å². The van der Waals surface area contributed by atoms with Crippen molar-refractivity contribution < 1.29 is 27.5 Å². The quantitative estimate of drug-likeness (QED) is 0.523. The van der Waals surface area contributed by atoms with Gasteiger partial charge in [-0.05, 0) is 23.8 Å². The summed E-state index contributed by atoms with van der Waals surface area (Å²) in [4.78, 5) is 19.4. The molecule has 1 fully saturated rings. The van der Waals surface area contributed by atoms with Crippen LogP contribution < -0.4 is 4.90 Å². The van der Waals surface area contributed by atoms with Gasteiger partial charge in [0.15, 0.2) is 0 Å². The molecule has 1 aliphatic rings. The van der Waals surface area contributed by atoms with Crippen molar-refractivity contribution in [3.8, 4) is 0 Å². The summed E-state index contributed by atoms with van der Waals surface area (Å²) in [5.74, 6) is 0. The second-order valence-corrected chi connectivity index (χ2v) is 6.57. The molecule has 1 aliphatic heterocycles. The highest BCUT2D eigenvalue weighted by Crippen LogP contribution is 2.31. The van der Waals surface area contributed by atoms with Gasteiger partial charge in [0.2, 0.25) is 6.35 Å². The van der Waals surface area contributed by atoms with E-state index in [4.69, 9.17) is 9.57 Å². The molecule has 0 bridgehead atoms. The highest BCUT2D eigenvalue weighted by atomic mass is 19.4. The molecular weight excluding hydrogens is 401 g/mol. The number of methoxy groups -OCH3 is 1. The topological polar surface area (TPSA) is 57.6 Å². The molecule has 1 saturated heterocycles. The highest BCUT2D eigenvalue weighted by Gasteiger charge is 2.42. The first-order chi connectivity index (χ1) is 14.2. The zero-order valence-corrected chi connectivity index (χ0v) is 16.6. The first kappa shape index (κ1) is 21.6. The summed E-state index contributed by atoms with van der Waals surface area (Å²) in [7, 11) is 4.86. The van der Waals surface area contributed by atoms with Crippen LogP contribution in [0, 0.1) is 0 Å². The molecule has 1 heterocycles. The Balaban J connectivity index is 1.74. The van der Waals surface area contributed by atoms with Gasteiger partial charge in [-0.15, -0.1) is 0 Å². The third-order valence-corrected chi connectivity index (χ3v) is 4.67. The van der Waals surface area contributed by atoms with Gasteiger partial charge in [-0.3, -0.25) is 9.91 Å². The third-order valence-electron chi connectivity index (χ3n) is 4.67. The molecule has 30 heavy (non-hydrogen) atoms. The molecule has 1 unspecified atom stereocenters. The lowest BCUT2D eigenvalue weighted by Gasteiger charge is -2.26. The molecule has 0 N–H and O–H groups in total. The second-order valence-electron chi connectivity index (χ2n) is 6.57. The minimum Gasteiger partial charge on any atom is -0.391 e. The van der Waals surface area contributed by atoms with Crippen molar-refractivity contribution in [2.75, 3.05) is 26.1 Å². The van der Waals surface area contributed by atoms with Crippen molar-refractivity contribution >= 4 is 17.9 Å². The van der Waals surface area contributed by atoms with E-state index in [2.05, 4.69) is 5.16 Å². The molecule has 7 nitrogen and oxygen atoms in total. The van der Waals surface area contributed by atoms with E-state index in [9.17, 15) is 18.0 Å². The number of amides is 2. The summed E-state index contributed by atoms with van der Waals surface area (Å²) in [6, 6.07) is 11.6. The van der Waals surface area contributed by atoms with E-state index in [0.717, 1.165) is 12.1 Å². The van der Waals surface area contributed by atoms with Gasteiger partial charge in [0.1, 0.15) is 6.61 Å². The number of urea groups is 1. The number of alkyl halides is 3. The van der Waals surface area contributed by atoms with Crippen LogP contribution in [-0.4, -0.2) is 49.8 Å². The minimum absolute atomic E-state index is 0.0132. The average Bonchev–Trinajstić information content (AvgIpc) is 2.94. The van der Waals surface area contributed by atoms with Gasteiger partial charge in [-0.1, -0.05) is 35.5 Å². The predicted molar refractivity (Wildman–Crippen MR) is 104 cm³/mol. The van der Waals surface area contributed by atoms with Crippen LogP contribution in [0.1, 0.15) is 16.7 Å². The first-order valence-electron chi connectivity index (χ1n) is 8.97. The van der Waals surface area contributed by atoms with E-state index < -0.39 is 18.1 Å². The molecular formula is C20H21F3N4O3. The van der Waals surface area contributed by atoms with Crippen molar-refractivity contribution in [1.82, 2.24) is 10.0 Å². The number of rotatable bonds is 6. The Morgan fingerprint density at radius 2 is 1.87 bits per heavy atom. The molecule has 160 valence electrons. The highest BCUT2D eigenvalue weighted by molar-refractivity contribution is 5.94. The number of ether oxygens (including phenoxy) is 1. The van der Waals surface area contributed by atoms with Gasteiger partial charge < -0.3 is 9.57 Å². The lowest BCUT2D eigenvalue weighted by Crippen LogP contribution is -2.40. The number of carbonyl (C=O) groups is 1. The van der Waals surface area contributed by atoms with Gasteiger partial charge in [-0.2, -0.15) is 18.2 Å². The summed E-state index contributed by atoms with van der Waals surface area (Å²) >= 11 is 0. The fourth-order valence-electron chi connectivity index (χ4n) is 3.05. The fourth-order valence-corrected chi connectivity index (χ4v) is 3.05. The van der Waals surface area contributed by atoms with Crippen LogP contribution in [0.25, 0.3) is 0 Å². The van der Waals surface area contributed by atoms with Gasteiger partial charge in [0.05, 0.1) is 17.5 Å². The largest absolute Gasteiger partial charge is 0.416 e. The van der Waals surface area contributed by atoms with Crippen LogP contribution in [0.15, 0.2) is 53.7 Å². The predicted octanol–water partition coefficient (Wildman–Crippen LogP) is 3.90. The number of oxime groups is 1. The number of hydrazine groups is 1. The van der Waals surface area contributed by atoms with Crippen molar-refractivity contribution in [1.29, 1.82) is 0 Å². The number of nitrogens with zero attached hydrogens (tertiary/aromatic N) is 4. The lowest BCUT2D eigenvalue weighted by molar-refractivity contribution is -0.137. The smallest absolute Gasteiger partial charge is 0.391 e. The Kier molecular flexibility index (Phi) is 6.28. The van der Waals surface area contributed by atoms with Crippen LogP contribution in [0.4, 0.5) is 23.7 Å². The number of benzene rings is 2. The monoisotopic (exact) mass is 422 g/mol. The molecule has 2 aromatic rings. The maximum atomic E-state index is 12.8. The van der Waals surface area contributed by atoms with Gasteiger partial charge in [0, 0.05) is 26.8 Å². The van der Waals surface area contributed by atoms with Crippen LogP contribution >= 0.6 is 0 Å². The zero-order valence-electron chi connectivity index (χ0n) is 16.6. The molecule has 0 spiro atoms. The van der Waals surface area contributed by atoms with E-state index >= 15 is 0 Å². The SMILES string of the molecule is COC1N(c2ccccc2CO/N=C/c2cccc(C(F)(F)F)c2)C(=O)N(C)N1C. The molecule has 0 aromatic heterocycles. The van der Waals surface area contributed by atoms with Crippen LogP contribution in [0.2, 0.25) is 0 Å². The maximum Gasteiger partial charge on any atom is 0.416 e. The Morgan fingerprint density at radius 3 is 2.57 bits per heavy atom. The van der Waals surface area contributed by atoms with Gasteiger partial charge in [0.25, 0.3) is 0 Å². The average molecular weight is 422 g/mol. The van der Waals surface area contributed by atoms with Crippen LogP contribution in [0.3, 0.4) is 0 Å². The Bertz CT molecular complexity index is 936. The molecule has 0 saturated carbocycles. The van der Waals surface area contributed by atoms with E-state index in [1.54, 1.807) is 43.4 Å². The number of carbonyl (C=O) groups excluding carboxylic acids is 1. The molecule has 1 atom stereocenters. The number of anilines is 1. The van der Waals surface area contributed by atoms with Crippen molar-refractivity contribution in [2.45, 2.75) is 19.1 Å². The van der Waals surface area contributed by atoms with E-state index in [-0.39, 0.29) is 18.2 Å². The van der Waals surface area contributed by atoms with E-state index in [1.165, 1.54) is 35.4 Å². The van der Waals surface area contributed by atoms with E-state index in [1.807, 2.05) is 0 Å². The minimum atomic E-state index is -4.43. The maximum absolute atomic E-state index is 12.8. The van der Waals surface area contributed by atoms with Gasteiger partial charge in [-0.25, -0.2) is 4.79 Å². The summed E-state index contributed by atoms with van der Waals surface area (Å²) in [5, 5.41) is 6.84. The van der Waals surface area contributed by atoms with Crippen molar-refractivity contribution in [2.24, 2.45) is 5.16 Å². The van der Waals surface area contributed by atoms with Gasteiger partial charge >= 0.3 is 12.2 Å². The molecule has 10 heteroatoms. The lowest BCUT2D eigenvalue weighted by atomic mass is 10.1.